The number of esters is 1. The van der Waals surface area contributed by atoms with Crippen LogP contribution in [0.25, 0.3) is 0 Å². The van der Waals surface area contributed by atoms with Crippen molar-refractivity contribution in [1.82, 2.24) is 0 Å². The van der Waals surface area contributed by atoms with E-state index in [0.717, 1.165) is 12.8 Å². The first kappa shape index (κ1) is 16.3. The summed E-state index contributed by atoms with van der Waals surface area (Å²) in [6, 6.07) is 4.75. The van der Waals surface area contributed by atoms with E-state index >= 15 is 0 Å². The second-order valence-corrected chi connectivity index (χ2v) is 5.84. The summed E-state index contributed by atoms with van der Waals surface area (Å²) in [6.45, 7) is 4.77. The summed E-state index contributed by atoms with van der Waals surface area (Å²) in [5.74, 6) is 0.319. The topological polar surface area (TPSA) is 46.5 Å². The third-order valence-corrected chi connectivity index (χ3v) is 4.04. The van der Waals surface area contributed by atoms with Gasteiger partial charge in [-0.1, -0.05) is 33.1 Å². The molecule has 0 aliphatic heterocycles. The van der Waals surface area contributed by atoms with Crippen LogP contribution in [0.3, 0.4) is 0 Å². The van der Waals surface area contributed by atoms with E-state index in [1.54, 1.807) is 12.1 Å². The van der Waals surface area contributed by atoms with Gasteiger partial charge >= 0.3 is 5.97 Å². The molecule has 1 aromatic rings. The first-order valence-corrected chi connectivity index (χ1v) is 7.82. The number of unbranched alkanes of at least 4 members (excludes halogenated alkanes) is 1. The average molecular weight is 376 g/mol. The highest BCUT2D eigenvalue weighted by Crippen LogP contribution is 2.21. The third kappa shape index (κ3) is 5.38. The lowest BCUT2D eigenvalue weighted by Crippen LogP contribution is -2.14. The van der Waals surface area contributed by atoms with Gasteiger partial charge < -0.3 is 9.84 Å². The van der Waals surface area contributed by atoms with Gasteiger partial charge in [-0.3, -0.25) is 0 Å². The van der Waals surface area contributed by atoms with Crippen LogP contribution in [-0.4, -0.2) is 17.7 Å². The lowest BCUT2D eigenvalue weighted by atomic mass is 10.0. The Labute approximate surface area is 128 Å². The summed E-state index contributed by atoms with van der Waals surface area (Å²) in [5.41, 5.74) is 0.493. The Morgan fingerprint density at radius 2 is 2.16 bits per heavy atom. The number of aromatic hydroxyl groups is 1. The molecule has 19 heavy (non-hydrogen) atoms. The van der Waals surface area contributed by atoms with E-state index in [-0.39, 0.29) is 11.7 Å². The Morgan fingerprint density at radius 1 is 1.42 bits per heavy atom. The van der Waals surface area contributed by atoms with Gasteiger partial charge in [-0.25, -0.2) is 4.79 Å². The lowest BCUT2D eigenvalue weighted by molar-refractivity contribution is 0.0428. The second kappa shape index (κ2) is 8.40. The van der Waals surface area contributed by atoms with Gasteiger partial charge in [-0.15, -0.1) is 0 Å². The van der Waals surface area contributed by atoms with Crippen molar-refractivity contribution in [2.45, 2.75) is 39.5 Å². The summed E-state index contributed by atoms with van der Waals surface area (Å²) in [7, 11) is 0. The number of hydrogen-bond donors (Lipinski definition) is 1. The van der Waals surface area contributed by atoms with Crippen LogP contribution in [0.1, 0.15) is 49.9 Å². The molecule has 1 atom stereocenters. The molecule has 0 fully saturated rings. The van der Waals surface area contributed by atoms with Crippen molar-refractivity contribution in [2.24, 2.45) is 5.92 Å². The molecule has 1 rings (SSSR count). The smallest absolute Gasteiger partial charge is 0.338 e. The molecule has 0 saturated carbocycles. The second-order valence-electron chi connectivity index (χ2n) is 4.68. The van der Waals surface area contributed by atoms with Crippen LogP contribution in [0.5, 0.6) is 5.75 Å². The Balaban J connectivity index is 2.52. The van der Waals surface area contributed by atoms with Gasteiger partial charge in [-0.05, 0) is 53.1 Å². The fraction of sp³-hybridized carbons (Fsp3) is 0.533. The Morgan fingerprint density at radius 3 is 2.74 bits per heavy atom. The zero-order valence-corrected chi connectivity index (χ0v) is 13.6. The minimum atomic E-state index is -0.312. The molecule has 106 valence electrons. The number of halogens is 1. The van der Waals surface area contributed by atoms with E-state index in [1.807, 2.05) is 22.6 Å². The summed E-state index contributed by atoms with van der Waals surface area (Å²) in [6.07, 6.45) is 4.47. The van der Waals surface area contributed by atoms with Crippen LogP contribution >= 0.6 is 22.6 Å². The van der Waals surface area contributed by atoms with Crippen LogP contribution < -0.4 is 0 Å². The summed E-state index contributed by atoms with van der Waals surface area (Å²) >= 11 is 1.99. The van der Waals surface area contributed by atoms with Gasteiger partial charge in [0.2, 0.25) is 0 Å². The molecular weight excluding hydrogens is 355 g/mol. The standard InChI is InChI=1S/C15H21IO3/c1-3-5-6-11(4-2)10-19-15(18)12-7-8-14(17)13(16)9-12/h7-9,11,17H,3-6,10H2,1-2H3. The molecular formula is C15H21IO3. The van der Waals surface area contributed by atoms with Crippen molar-refractivity contribution in [2.75, 3.05) is 6.61 Å². The summed E-state index contributed by atoms with van der Waals surface area (Å²) < 4.78 is 6.01. The molecule has 0 amide bonds. The van der Waals surface area contributed by atoms with Gasteiger partial charge in [0.15, 0.2) is 0 Å². The molecule has 1 N–H and O–H groups in total. The van der Waals surface area contributed by atoms with E-state index in [4.69, 9.17) is 4.74 Å². The minimum Gasteiger partial charge on any atom is -0.507 e. The zero-order valence-electron chi connectivity index (χ0n) is 11.5. The molecule has 0 saturated heterocycles. The monoisotopic (exact) mass is 376 g/mol. The Bertz CT molecular complexity index is 418. The molecule has 0 bridgehead atoms. The highest BCUT2D eigenvalue weighted by molar-refractivity contribution is 14.1. The third-order valence-electron chi connectivity index (χ3n) is 3.18. The fourth-order valence-corrected chi connectivity index (χ4v) is 2.32. The van der Waals surface area contributed by atoms with Crippen molar-refractivity contribution in [1.29, 1.82) is 0 Å². The maximum absolute atomic E-state index is 11.9. The van der Waals surface area contributed by atoms with E-state index < -0.39 is 0 Å². The largest absolute Gasteiger partial charge is 0.507 e. The van der Waals surface area contributed by atoms with Crippen LogP contribution in [-0.2, 0) is 4.74 Å². The van der Waals surface area contributed by atoms with Crippen LogP contribution in [0.2, 0.25) is 0 Å². The van der Waals surface area contributed by atoms with Gasteiger partial charge in [-0.2, -0.15) is 0 Å². The first-order valence-electron chi connectivity index (χ1n) is 6.74. The van der Waals surface area contributed by atoms with Crippen LogP contribution in [0.4, 0.5) is 0 Å². The Kier molecular flexibility index (Phi) is 7.20. The first-order chi connectivity index (χ1) is 9.08. The predicted octanol–water partition coefficient (Wildman–Crippen LogP) is 4.37. The highest BCUT2D eigenvalue weighted by atomic mass is 127. The normalized spacial score (nSPS) is 12.2. The lowest BCUT2D eigenvalue weighted by Gasteiger charge is -2.14. The molecule has 0 aromatic heterocycles. The van der Waals surface area contributed by atoms with Gasteiger partial charge in [0, 0.05) is 0 Å². The van der Waals surface area contributed by atoms with E-state index in [0.29, 0.717) is 21.7 Å². The van der Waals surface area contributed by atoms with Crippen LogP contribution in [0, 0.1) is 9.49 Å². The number of phenols is 1. The molecule has 3 nitrogen and oxygen atoms in total. The average Bonchev–Trinajstić information content (AvgIpc) is 2.41. The number of phenolic OH excluding ortho intramolecular Hbond substituents is 1. The van der Waals surface area contributed by atoms with Crippen molar-refractivity contribution < 1.29 is 14.6 Å². The number of carbonyl (C=O) groups is 1. The predicted molar refractivity (Wildman–Crippen MR) is 84.4 cm³/mol. The Hall–Kier alpha value is -0.780. The molecule has 0 spiro atoms. The zero-order chi connectivity index (χ0) is 14.3. The highest BCUT2D eigenvalue weighted by Gasteiger charge is 2.13. The maximum atomic E-state index is 11.9. The van der Waals surface area contributed by atoms with Gasteiger partial charge in [0.05, 0.1) is 15.7 Å². The number of ether oxygens (including phenoxy) is 1. The number of benzene rings is 1. The van der Waals surface area contributed by atoms with Crippen LogP contribution in [0.15, 0.2) is 18.2 Å². The van der Waals surface area contributed by atoms with Gasteiger partial charge in [0.25, 0.3) is 0 Å². The molecule has 0 aliphatic carbocycles. The SMILES string of the molecule is CCCCC(CC)COC(=O)c1ccc(O)c(I)c1. The van der Waals surface area contributed by atoms with Crippen molar-refractivity contribution >= 4 is 28.6 Å². The molecule has 0 aliphatic rings. The molecule has 0 radical (unpaired) electrons. The fourth-order valence-electron chi connectivity index (χ4n) is 1.81. The minimum absolute atomic E-state index is 0.187. The van der Waals surface area contributed by atoms with Gasteiger partial charge in [0.1, 0.15) is 5.75 Å². The van der Waals surface area contributed by atoms with E-state index in [1.165, 1.54) is 18.9 Å². The molecule has 1 unspecified atom stereocenters. The molecule has 0 heterocycles. The van der Waals surface area contributed by atoms with Crippen molar-refractivity contribution in [3.05, 3.63) is 27.3 Å². The summed E-state index contributed by atoms with van der Waals surface area (Å²) in [4.78, 5) is 11.9. The summed E-state index contributed by atoms with van der Waals surface area (Å²) in [5, 5.41) is 9.42. The number of carbonyl (C=O) groups excluding carboxylic acids is 1. The number of rotatable bonds is 7. The quantitative estimate of drug-likeness (QED) is 0.568. The van der Waals surface area contributed by atoms with E-state index in [9.17, 15) is 9.90 Å². The molecule has 1 aromatic carbocycles. The van der Waals surface area contributed by atoms with Crippen molar-refractivity contribution in [3.63, 3.8) is 0 Å². The number of hydrogen-bond acceptors (Lipinski definition) is 3. The van der Waals surface area contributed by atoms with E-state index in [2.05, 4.69) is 13.8 Å². The maximum Gasteiger partial charge on any atom is 0.338 e. The van der Waals surface area contributed by atoms with Crippen molar-refractivity contribution in [3.8, 4) is 5.75 Å². The molecule has 4 heteroatoms.